The van der Waals surface area contributed by atoms with Gasteiger partial charge in [-0.15, -0.1) is 5.10 Å². The lowest BCUT2D eigenvalue weighted by Gasteiger charge is -2.21. The Hall–Kier alpha value is -3.02. The summed E-state index contributed by atoms with van der Waals surface area (Å²) < 4.78 is 1.86. The topological polar surface area (TPSA) is 72.7 Å². The van der Waals surface area contributed by atoms with Gasteiger partial charge in [0.2, 0.25) is 0 Å². The molecule has 0 saturated heterocycles. The van der Waals surface area contributed by atoms with Gasteiger partial charge < -0.3 is 5.32 Å². The summed E-state index contributed by atoms with van der Waals surface area (Å²) in [5, 5.41) is 11.5. The van der Waals surface area contributed by atoms with Crippen molar-refractivity contribution >= 4 is 5.91 Å². The van der Waals surface area contributed by atoms with E-state index >= 15 is 0 Å². The van der Waals surface area contributed by atoms with Crippen LogP contribution in [0, 0.1) is 6.92 Å². The molecule has 0 radical (unpaired) electrons. The van der Waals surface area contributed by atoms with E-state index in [1.807, 2.05) is 35.0 Å². The van der Waals surface area contributed by atoms with Gasteiger partial charge in [-0.25, -0.2) is 4.68 Å². The van der Waals surface area contributed by atoms with Crippen LogP contribution in [-0.4, -0.2) is 25.9 Å². The monoisotopic (exact) mass is 375 g/mol. The molecule has 0 unspecified atom stereocenters. The van der Waals surface area contributed by atoms with Crippen LogP contribution in [0.15, 0.2) is 55.0 Å². The number of carbonyl (C=O) groups excluding carboxylic acids is 1. The second kappa shape index (κ2) is 8.33. The minimum Gasteiger partial charge on any atom is -0.340 e. The Labute approximate surface area is 165 Å². The van der Waals surface area contributed by atoms with Crippen LogP contribution in [0.3, 0.4) is 0 Å². The summed E-state index contributed by atoms with van der Waals surface area (Å²) in [4.78, 5) is 17.1. The zero-order valence-corrected chi connectivity index (χ0v) is 16.1. The predicted octanol–water partition coefficient (Wildman–Crippen LogP) is 4.01. The number of aryl methyl sites for hydroxylation is 1. The first-order valence-electron chi connectivity index (χ1n) is 9.90. The molecule has 0 bridgehead atoms. The minimum atomic E-state index is -0.267. The molecule has 3 aromatic rings. The molecule has 1 atom stereocenters. The Bertz CT molecular complexity index is 931. The van der Waals surface area contributed by atoms with Crippen LogP contribution in [0.5, 0.6) is 0 Å². The van der Waals surface area contributed by atoms with Crippen LogP contribution in [0.25, 0.3) is 0 Å². The van der Waals surface area contributed by atoms with Gasteiger partial charge in [0.15, 0.2) is 5.69 Å². The van der Waals surface area contributed by atoms with Gasteiger partial charge >= 0.3 is 0 Å². The molecular formula is C22H25N5O. The zero-order valence-electron chi connectivity index (χ0n) is 16.1. The summed E-state index contributed by atoms with van der Waals surface area (Å²) in [6.45, 7) is 2.05. The Balaban J connectivity index is 1.58. The van der Waals surface area contributed by atoms with Gasteiger partial charge in [0.05, 0.1) is 18.3 Å². The molecule has 4 rings (SSSR count). The molecule has 1 N–H and O–H groups in total. The SMILES string of the molecule is Cc1ccccc1[C@@H](NC(=O)c1cn(C2CCCCC2)nn1)c1ccncc1. The maximum atomic E-state index is 13.0. The largest absolute Gasteiger partial charge is 0.340 e. The predicted molar refractivity (Wildman–Crippen MR) is 107 cm³/mol. The Morgan fingerprint density at radius 1 is 1.11 bits per heavy atom. The number of amides is 1. The molecule has 6 heteroatoms. The molecule has 0 aliphatic heterocycles. The van der Waals surface area contributed by atoms with Crippen molar-refractivity contribution in [3.8, 4) is 0 Å². The standard InChI is InChI=1S/C22H25N5O/c1-16-7-5-6-10-19(16)21(17-11-13-23-14-12-17)24-22(28)20-15-27(26-25-20)18-8-3-2-4-9-18/h5-7,10-15,18,21H,2-4,8-9H2,1H3,(H,24,28)/t21-/m0/s1. The third kappa shape index (κ3) is 3.96. The maximum absolute atomic E-state index is 13.0. The Morgan fingerprint density at radius 3 is 2.61 bits per heavy atom. The third-order valence-electron chi connectivity index (χ3n) is 5.51. The fourth-order valence-electron chi connectivity index (χ4n) is 3.92. The summed E-state index contributed by atoms with van der Waals surface area (Å²) in [5.41, 5.74) is 3.52. The van der Waals surface area contributed by atoms with Crippen molar-refractivity contribution in [2.24, 2.45) is 0 Å². The van der Waals surface area contributed by atoms with Crippen molar-refractivity contribution in [3.63, 3.8) is 0 Å². The van der Waals surface area contributed by atoms with Gasteiger partial charge in [-0.05, 0) is 48.6 Å². The van der Waals surface area contributed by atoms with Gasteiger partial charge in [-0.1, -0.05) is 48.7 Å². The molecule has 1 fully saturated rings. The van der Waals surface area contributed by atoms with Gasteiger partial charge in [0, 0.05) is 12.4 Å². The number of carbonyl (C=O) groups is 1. The molecule has 1 amide bonds. The number of hydrogen-bond acceptors (Lipinski definition) is 4. The second-order valence-electron chi connectivity index (χ2n) is 7.42. The molecule has 1 aliphatic carbocycles. The average Bonchev–Trinajstić information content (AvgIpc) is 3.24. The van der Waals surface area contributed by atoms with Crippen LogP contribution in [0.4, 0.5) is 0 Å². The first-order chi connectivity index (χ1) is 13.7. The van der Waals surface area contributed by atoms with Crippen LogP contribution in [0.1, 0.15) is 71.4 Å². The Kier molecular flexibility index (Phi) is 5.46. The van der Waals surface area contributed by atoms with Gasteiger partial charge in [0.1, 0.15) is 0 Å². The Morgan fingerprint density at radius 2 is 1.86 bits per heavy atom. The fourth-order valence-corrected chi connectivity index (χ4v) is 3.92. The number of benzene rings is 1. The highest BCUT2D eigenvalue weighted by atomic mass is 16.2. The van der Waals surface area contributed by atoms with E-state index in [9.17, 15) is 4.79 Å². The van der Waals surface area contributed by atoms with E-state index in [4.69, 9.17) is 0 Å². The zero-order chi connectivity index (χ0) is 19.3. The fraction of sp³-hybridized carbons (Fsp3) is 0.364. The number of hydrogen-bond donors (Lipinski definition) is 1. The van der Waals surface area contributed by atoms with Crippen LogP contribution < -0.4 is 5.32 Å². The van der Waals surface area contributed by atoms with Crippen molar-refractivity contribution in [3.05, 3.63) is 77.4 Å². The van der Waals surface area contributed by atoms with Crippen LogP contribution in [-0.2, 0) is 0 Å². The van der Waals surface area contributed by atoms with Gasteiger partial charge in [-0.3, -0.25) is 9.78 Å². The molecule has 1 aliphatic rings. The maximum Gasteiger partial charge on any atom is 0.274 e. The van der Waals surface area contributed by atoms with E-state index in [1.54, 1.807) is 18.6 Å². The van der Waals surface area contributed by atoms with E-state index < -0.39 is 0 Å². The first-order valence-corrected chi connectivity index (χ1v) is 9.90. The number of nitrogens with one attached hydrogen (secondary N) is 1. The summed E-state index contributed by atoms with van der Waals surface area (Å²) in [6.07, 6.45) is 11.2. The third-order valence-corrected chi connectivity index (χ3v) is 5.51. The number of rotatable bonds is 5. The molecule has 1 aromatic carbocycles. The van der Waals surface area contributed by atoms with Crippen LogP contribution >= 0.6 is 0 Å². The van der Waals surface area contributed by atoms with Crippen molar-refractivity contribution in [1.82, 2.24) is 25.3 Å². The number of aromatic nitrogens is 4. The average molecular weight is 375 g/mol. The van der Waals surface area contributed by atoms with Gasteiger partial charge in [0.25, 0.3) is 5.91 Å². The normalized spacial score (nSPS) is 15.9. The van der Waals surface area contributed by atoms with E-state index in [0.29, 0.717) is 11.7 Å². The van der Waals surface area contributed by atoms with Crippen molar-refractivity contribution < 1.29 is 4.79 Å². The van der Waals surface area contributed by atoms with E-state index in [1.165, 1.54) is 19.3 Å². The van der Waals surface area contributed by atoms with Crippen LogP contribution in [0.2, 0.25) is 0 Å². The smallest absolute Gasteiger partial charge is 0.274 e. The lowest BCUT2D eigenvalue weighted by atomic mass is 9.95. The molecule has 6 nitrogen and oxygen atoms in total. The highest BCUT2D eigenvalue weighted by Gasteiger charge is 2.23. The summed E-state index contributed by atoms with van der Waals surface area (Å²) >= 11 is 0. The van der Waals surface area contributed by atoms with Crippen molar-refractivity contribution in [1.29, 1.82) is 0 Å². The highest BCUT2D eigenvalue weighted by Crippen LogP contribution is 2.28. The van der Waals surface area contributed by atoms with E-state index in [2.05, 4.69) is 33.6 Å². The van der Waals surface area contributed by atoms with Gasteiger partial charge in [-0.2, -0.15) is 0 Å². The lowest BCUT2D eigenvalue weighted by Crippen LogP contribution is -2.30. The molecule has 2 heterocycles. The van der Waals surface area contributed by atoms with Crippen molar-refractivity contribution in [2.45, 2.75) is 51.1 Å². The highest BCUT2D eigenvalue weighted by molar-refractivity contribution is 5.92. The van der Waals surface area contributed by atoms with Crippen molar-refractivity contribution in [2.75, 3.05) is 0 Å². The molecular weight excluding hydrogens is 350 g/mol. The summed E-state index contributed by atoms with van der Waals surface area (Å²) in [7, 11) is 0. The first kappa shape index (κ1) is 18.3. The summed E-state index contributed by atoms with van der Waals surface area (Å²) in [5.74, 6) is -0.216. The van der Waals surface area contributed by atoms with E-state index in [-0.39, 0.29) is 11.9 Å². The molecule has 2 aromatic heterocycles. The quantitative estimate of drug-likeness (QED) is 0.731. The molecule has 144 valence electrons. The molecule has 1 saturated carbocycles. The number of nitrogens with zero attached hydrogens (tertiary/aromatic N) is 4. The lowest BCUT2D eigenvalue weighted by molar-refractivity contribution is 0.0937. The molecule has 28 heavy (non-hydrogen) atoms. The number of pyridine rings is 1. The second-order valence-corrected chi connectivity index (χ2v) is 7.42. The van der Waals surface area contributed by atoms with E-state index in [0.717, 1.165) is 29.5 Å². The minimum absolute atomic E-state index is 0.216. The molecule has 0 spiro atoms. The summed E-state index contributed by atoms with van der Waals surface area (Å²) in [6, 6.07) is 12.0.